The molecular formula is C54H90O6. The Labute approximate surface area is 369 Å². The SMILES string of the molecule is CC\C=C/C=C\C=C/CCCCCCCCCC(=O)OC(COC(=O)CCCCCCC/C=C\CCCC)COC(=O)CCCCCCCC/C=C\C/C=C\C/C=C\CC. The minimum Gasteiger partial charge on any atom is -0.462 e. The summed E-state index contributed by atoms with van der Waals surface area (Å²) in [5.74, 6) is -0.929. The van der Waals surface area contributed by atoms with Crippen LogP contribution in [-0.2, 0) is 28.6 Å². The Hall–Kier alpha value is -3.41. The minimum absolute atomic E-state index is 0.0911. The highest BCUT2D eigenvalue weighted by Gasteiger charge is 2.19. The lowest BCUT2D eigenvalue weighted by molar-refractivity contribution is -0.167. The molecule has 342 valence electrons. The smallest absolute Gasteiger partial charge is 0.306 e. The number of esters is 3. The van der Waals surface area contributed by atoms with Crippen molar-refractivity contribution in [2.75, 3.05) is 13.2 Å². The van der Waals surface area contributed by atoms with E-state index in [-0.39, 0.29) is 31.1 Å². The molecule has 0 aromatic carbocycles. The van der Waals surface area contributed by atoms with Crippen LogP contribution in [0.2, 0.25) is 0 Å². The van der Waals surface area contributed by atoms with Crippen molar-refractivity contribution in [3.8, 4) is 0 Å². The predicted molar refractivity (Wildman–Crippen MR) is 256 cm³/mol. The van der Waals surface area contributed by atoms with Gasteiger partial charge in [0.2, 0.25) is 0 Å². The van der Waals surface area contributed by atoms with Gasteiger partial charge in [-0.1, -0.05) is 196 Å². The summed E-state index contributed by atoms with van der Waals surface area (Å²) < 4.78 is 16.7. The first kappa shape index (κ1) is 56.6. The van der Waals surface area contributed by atoms with Gasteiger partial charge in [0.05, 0.1) is 0 Å². The third-order valence-corrected chi connectivity index (χ3v) is 10.2. The first-order valence-electron chi connectivity index (χ1n) is 24.6. The van der Waals surface area contributed by atoms with Gasteiger partial charge in [-0.15, -0.1) is 0 Å². The summed E-state index contributed by atoms with van der Waals surface area (Å²) >= 11 is 0. The molecule has 0 saturated carbocycles. The van der Waals surface area contributed by atoms with Crippen LogP contribution in [0.1, 0.15) is 220 Å². The standard InChI is InChI=1S/C54H90O6/c1-4-7-10-13-16-19-22-24-26-28-29-32-35-38-41-44-47-53(56)59-50-51(49-58-52(55)46-43-40-37-34-31-21-18-15-12-9-6-3)60-54(57)48-45-42-39-36-33-30-27-25-23-20-17-14-11-8-5-2/h7-8,10-11,14-20,23-24,26,51H,4-6,9,12-13,21-22,25,27-50H2,1-3H3/b10-7-,11-8-,17-14-,18-15-,19-16-,23-20-,26-24-. The molecule has 0 aliphatic carbocycles. The van der Waals surface area contributed by atoms with Gasteiger partial charge in [0, 0.05) is 19.3 Å². The zero-order chi connectivity index (χ0) is 43.7. The summed E-state index contributed by atoms with van der Waals surface area (Å²) in [5, 5.41) is 0. The van der Waals surface area contributed by atoms with Crippen LogP contribution in [0, 0.1) is 0 Å². The second-order valence-electron chi connectivity index (χ2n) is 16.0. The molecule has 0 aromatic heterocycles. The number of allylic oxidation sites excluding steroid dienone is 14. The summed E-state index contributed by atoms with van der Waals surface area (Å²) in [5.41, 5.74) is 0. The summed E-state index contributed by atoms with van der Waals surface area (Å²) in [6.45, 7) is 6.32. The third kappa shape index (κ3) is 45.7. The zero-order valence-corrected chi connectivity index (χ0v) is 38.9. The number of ether oxygens (including phenoxy) is 3. The molecule has 0 rings (SSSR count). The molecule has 0 heterocycles. The van der Waals surface area contributed by atoms with E-state index in [0.29, 0.717) is 19.3 Å². The highest BCUT2D eigenvalue weighted by molar-refractivity contribution is 5.71. The summed E-state index contributed by atoms with van der Waals surface area (Å²) in [6.07, 6.45) is 61.3. The fourth-order valence-electron chi connectivity index (χ4n) is 6.49. The van der Waals surface area contributed by atoms with Gasteiger partial charge < -0.3 is 14.2 Å². The Kier molecular flexibility index (Phi) is 45.5. The number of rotatable bonds is 43. The molecule has 0 amide bonds. The molecule has 1 unspecified atom stereocenters. The molecular weight excluding hydrogens is 745 g/mol. The monoisotopic (exact) mass is 835 g/mol. The maximum absolute atomic E-state index is 12.8. The van der Waals surface area contributed by atoms with Crippen molar-refractivity contribution in [1.29, 1.82) is 0 Å². The van der Waals surface area contributed by atoms with Gasteiger partial charge >= 0.3 is 17.9 Å². The largest absolute Gasteiger partial charge is 0.462 e. The van der Waals surface area contributed by atoms with Crippen molar-refractivity contribution < 1.29 is 28.6 Å². The molecule has 0 spiro atoms. The molecule has 0 bridgehead atoms. The summed E-state index contributed by atoms with van der Waals surface area (Å²) in [4.78, 5) is 37.9. The van der Waals surface area contributed by atoms with Crippen LogP contribution in [0.5, 0.6) is 0 Å². The molecule has 0 N–H and O–H groups in total. The van der Waals surface area contributed by atoms with E-state index in [9.17, 15) is 14.4 Å². The van der Waals surface area contributed by atoms with E-state index in [4.69, 9.17) is 14.2 Å². The molecule has 0 aliphatic rings. The van der Waals surface area contributed by atoms with Crippen LogP contribution in [-0.4, -0.2) is 37.2 Å². The topological polar surface area (TPSA) is 78.9 Å². The van der Waals surface area contributed by atoms with E-state index in [1.54, 1.807) is 0 Å². The van der Waals surface area contributed by atoms with E-state index < -0.39 is 6.10 Å². The number of carbonyl (C=O) groups is 3. The van der Waals surface area contributed by atoms with Gasteiger partial charge in [-0.2, -0.15) is 0 Å². The first-order chi connectivity index (χ1) is 29.5. The maximum Gasteiger partial charge on any atom is 0.306 e. The Bertz CT molecular complexity index is 1190. The maximum atomic E-state index is 12.8. The number of unbranched alkanes of at least 4 members (excludes halogenated alkanes) is 20. The number of carbonyl (C=O) groups excluding carboxylic acids is 3. The van der Waals surface area contributed by atoms with Crippen LogP contribution in [0.3, 0.4) is 0 Å². The molecule has 1 atom stereocenters. The molecule has 0 fully saturated rings. The molecule has 0 saturated heterocycles. The lowest BCUT2D eigenvalue weighted by Gasteiger charge is -2.18. The van der Waals surface area contributed by atoms with Crippen molar-refractivity contribution in [2.24, 2.45) is 0 Å². The van der Waals surface area contributed by atoms with Crippen molar-refractivity contribution in [3.05, 3.63) is 85.1 Å². The highest BCUT2D eigenvalue weighted by Crippen LogP contribution is 2.14. The Morgan fingerprint density at radius 2 is 0.733 bits per heavy atom. The molecule has 0 radical (unpaired) electrons. The van der Waals surface area contributed by atoms with Crippen LogP contribution in [0.15, 0.2) is 85.1 Å². The highest BCUT2D eigenvalue weighted by atomic mass is 16.6. The fraction of sp³-hybridized carbons (Fsp3) is 0.685. The quantitative estimate of drug-likeness (QED) is 0.0200. The minimum atomic E-state index is -0.791. The lowest BCUT2D eigenvalue weighted by atomic mass is 10.1. The first-order valence-corrected chi connectivity index (χ1v) is 24.6. The van der Waals surface area contributed by atoms with Crippen molar-refractivity contribution in [2.45, 2.75) is 226 Å². The van der Waals surface area contributed by atoms with Gasteiger partial charge in [0.15, 0.2) is 6.10 Å². The van der Waals surface area contributed by atoms with Crippen molar-refractivity contribution >= 4 is 17.9 Å². The van der Waals surface area contributed by atoms with Gasteiger partial charge in [0.25, 0.3) is 0 Å². The number of hydrogen-bond donors (Lipinski definition) is 0. The Morgan fingerprint density at radius 1 is 0.367 bits per heavy atom. The molecule has 0 aliphatic heterocycles. The average Bonchev–Trinajstić information content (AvgIpc) is 3.24. The van der Waals surface area contributed by atoms with Crippen molar-refractivity contribution in [3.63, 3.8) is 0 Å². The Balaban J connectivity index is 4.43. The second-order valence-corrected chi connectivity index (χ2v) is 16.0. The van der Waals surface area contributed by atoms with Crippen LogP contribution < -0.4 is 0 Å². The van der Waals surface area contributed by atoms with E-state index in [1.807, 2.05) is 0 Å². The van der Waals surface area contributed by atoms with E-state index >= 15 is 0 Å². The fourth-order valence-corrected chi connectivity index (χ4v) is 6.49. The molecule has 6 heteroatoms. The van der Waals surface area contributed by atoms with Gasteiger partial charge in [-0.25, -0.2) is 0 Å². The predicted octanol–water partition coefficient (Wildman–Crippen LogP) is 16.0. The summed E-state index contributed by atoms with van der Waals surface area (Å²) in [7, 11) is 0. The van der Waals surface area contributed by atoms with Gasteiger partial charge in [-0.3, -0.25) is 14.4 Å². The van der Waals surface area contributed by atoms with Crippen LogP contribution >= 0.6 is 0 Å². The second kappa shape index (κ2) is 48.3. The van der Waals surface area contributed by atoms with E-state index in [0.717, 1.165) is 103 Å². The number of hydrogen-bond acceptors (Lipinski definition) is 6. The van der Waals surface area contributed by atoms with Gasteiger partial charge in [-0.05, 0) is 89.9 Å². The molecule has 60 heavy (non-hydrogen) atoms. The van der Waals surface area contributed by atoms with Gasteiger partial charge in [0.1, 0.15) is 13.2 Å². The van der Waals surface area contributed by atoms with E-state index in [2.05, 4.69) is 106 Å². The third-order valence-electron chi connectivity index (χ3n) is 10.2. The normalized spacial score (nSPS) is 12.8. The Morgan fingerprint density at radius 3 is 1.22 bits per heavy atom. The lowest BCUT2D eigenvalue weighted by Crippen LogP contribution is -2.30. The molecule has 0 aromatic rings. The average molecular weight is 835 g/mol. The molecule has 6 nitrogen and oxygen atoms in total. The van der Waals surface area contributed by atoms with Crippen molar-refractivity contribution in [1.82, 2.24) is 0 Å². The van der Waals surface area contributed by atoms with E-state index in [1.165, 1.54) is 77.0 Å². The summed E-state index contributed by atoms with van der Waals surface area (Å²) in [6, 6.07) is 0. The van der Waals surface area contributed by atoms with Crippen LogP contribution in [0.25, 0.3) is 0 Å². The van der Waals surface area contributed by atoms with Crippen LogP contribution in [0.4, 0.5) is 0 Å². The zero-order valence-electron chi connectivity index (χ0n) is 38.9.